The van der Waals surface area contributed by atoms with Crippen molar-refractivity contribution in [2.24, 2.45) is 0 Å². The Labute approximate surface area is 1000 Å². The Morgan fingerprint density at radius 3 is 0.288 bits per heavy atom. The van der Waals surface area contributed by atoms with Crippen LogP contribution >= 0.6 is 0 Å². The molecule has 36 rings (SSSR count). The van der Waals surface area contributed by atoms with Crippen LogP contribution in [0.4, 0.5) is 0 Å². The molecule has 146 heavy (non-hydrogen) atoms. The van der Waals surface area contributed by atoms with Gasteiger partial charge in [-0.1, -0.05) is 229 Å². The summed E-state index contributed by atoms with van der Waals surface area (Å²) in [5.74, 6) is 0. The van der Waals surface area contributed by atoms with Gasteiger partial charge < -0.3 is 0 Å². The first-order valence-electron chi connectivity index (χ1n) is 48.9. The summed E-state index contributed by atoms with van der Waals surface area (Å²) < 4.78 is 0. The molecule has 12 aliphatic carbocycles. The van der Waals surface area contributed by atoms with Gasteiger partial charge in [0.05, 0.1) is 10.8 Å². The molecule has 12 aliphatic rings. The minimum atomic E-state index is -0.577. The van der Waals surface area contributed by atoms with E-state index < -0.39 is 21.7 Å². The predicted molar refractivity (Wildman–Crippen MR) is 560 cm³/mol. The molecule has 0 spiro atoms. The van der Waals surface area contributed by atoms with E-state index in [1.807, 2.05) is 60.7 Å². The SMILES string of the molecule is [Y].[Y].[Y].[Y].[Y].[Y].[c-]1cccc2c1-c1[c-]cccc1C13c4ccc[c-]c4-c4[c-]cccc4C21c1ccc[c-]c1-c1[c-]cccc13.[c-]1cccc2c1-c1[c-]cccc1C13c4ccc[c-]c4-c4[c-]cccc4C21c1cccc2cccc3c12.[c-]1cccc2c1-c1[c-]cccc1C13c4cccc5cccc(c45)C21c1cccc2cccc3c12.c1cc2c3c(cccc3c1)C13c4cccc5cccc(c45)C21c1cccc2cccc3c12. The zero-order chi connectivity index (χ0) is 91.1. The molecule has 0 amide bonds. The van der Waals surface area contributed by atoms with Gasteiger partial charge in [0.15, 0.2) is 0 Å². The number of benzene rings is 24. The topological polar surface area (TPSA) is 0 Å². The van der Waals surface area contributed by atoms with E-state index in [-0.39, 0.29) is 218 Å². The van der Waals surface area contributed by atoms with Gasteiger partial charge in [-0.25, -0.2) is 66.8 Å². The van der Waals surface area contributed by atoms with Crippen LogP contribution in [0, 0.1) is 72.8 Å². The van der Waals surface area contributed by atoms with Crippen LogP contribution in [0.2, 0.25) is 0 Å². The molecule has 0 aromatic heterocycles. The molecule has 24 aromatic carbocycles. The summed E-state index contributed by atoms with van der Waals surface area (Å²) >= 11 is 0. The molecular formula is C140H72Y6-12. The number of rotatable bonds is 0. The number of hydrogen-bond donors (Lipinski definition) is 0. The Hall–Kier alpha value is -10.5. The smallest absolute Gasteiger partial charge is 0.0648 e. The average molecular weight is 2290 g/mol. The summed E-state index contributed by atoms with van der Waals surface area (Å²) in [6.45, 7) is 0. The van der Waals surface area contributed by atoms with Crippen LogP contribution in [0.1, 0.15) is 134 Å². The molecule has 0 N–H and O–H groups in total. The van der Waals surface area contributed by atoms with Crippen molar-refractivity contribution in [1.29, 1.82) is 0 Å². The number of fused-ring (bicyclic) bond motifs is 18. The number of hydrogen-bond acceptors (Lipinski definition) is 0. The molecule has 0 atom stereocenters. The summed E-state index contributed by atoms with van der Waals surface area (Å²) in [6.07, 6.45) is 0. The van der Waals surface area contributed by atoms with E-state index in [0.717, 1.165) is 55.6 Å². The first-order valence-corrected chi connectivity index (χ1v) is 48.9. The fourth-order valence-electron chi connectivity index (χ4n) is 31.6. The van der Waals surface area contributed by atoms with Gasteiger partial charge in [-0.3, -0.25) is 0 Å². The van der Waals surface area contributed by atoms with Crippen molar-refractivity contribution >= 4 is 64.6 Å². The van der Waals surface area contributed by atoms with E-state index >= 15 is 0 Å². The van der Waals surface area contributed by atoms with Crippen molar-refractivity contribution in [2.45, 2.75) is 43.3 Å². The van der Waals surface area contributed by atoms with Gasteiger partial charge in [-0.15, -0.1) is 84.9 Å². The Bertz CT molecular complexity index is 8680. The second-order valence-electron chi connectivity index (χ2n) is 39.8. The fourth-order valence-corrected chi connectivity index (χ4v) is 31.6. The van der Waals surface area contributed by atoms with Crippen LogP contribution in [-0.4, -0.2) is 0 Å². The van der Waals surface area contributed by atoms with Gasteiger partial charge >= 0.3 is 0 Å². The van der Waals surface area contributed by atoms with Crippen molar-refractivity contribution < 1.29 is 196 Å². The van der Waals surface area contributed by atoms with Crippen LogP contribution in [0.5, 0.6) is 0 Å². The van der Waals surface area contributed by atoms with Crippen molar-refractivity contribution in [1.82, 2.24) is 0 Å². The maximum atomic E-state index is 3.65. The second kappa shape index (κ2) is 34.0. The van der Waals surface area contributed by atoms with Gasteiger partial charge in [-0.2, -0.15) is 273 Å². The van der Waals surface area contributed by atoms with E-state index in [4.69, 9.17) is 0 Å². The summed E-state index contributed by atoms with van der Waals surface area (Å²) in [4.78, 5) is 0. The minimum absolute atomic E-state index is 0. The summed E-state index contributed by atoms with van der Waals surface area (Å²) in [6, 6.07) is 205. The third-order valence-corrected chi connectivity index (χ3v) is 35.1. The molecule has 0 aliphatic heterocycles. The molecule has 0 saturated heterocycles. The van der Waals surface area contributed by atoms with Crippen LogP contribution in [-0.2, 0) is 240 Å². The zero-order valence-corrected chi connectivity index (χ0v) is 96.1. The molecule has 0 unspecified atom stereocenters. The molecule has 6 heteroatoms. The molecule has 0 nitrogen and oxygen atoms in total. The Kier molecular flexibility index (Phi) is 21.9. The fraction of sp³-hybridized carbons (Fsp3) is 0.0571. The van der Waals surface area contributed by atoms with E-state index in [0.29, 0.717) is 0 Å². The minimum Gasteiger partial charge on any atom is -0.223 e. The van der Waals surface area contributed by atoms with Gasteiger partial charge in [0.25, 0.3) is 0 Å². The van der Waals surface area contributed by atoms with Gasteiger partial charge in [0.1, 0.15) is 0 Å². The van der Waals surface area contributed by atoms with E-state index in [2.05, 4.69) is 449 Å². The standard InChI is InChI=1S/C38H18.C36H18.C34H18.C32H18.6Y/c1-7-19-31-25(13-1)26-14-2-8-20-32(26)38-35-23-11-5-17-29(35)27-15-3-9-21-33(27)37(31,38)34-22-10-4-16-28(34)30-18-6-12-24-36(30)38;1-5-17-28-24(13-1)25-14-2-6-18-29(25)36-31-20-8-4-16-27(31)26-15-3-7-19-30(26)35(28,36)32-21-9-11-23-12-10-22-33(36)34(23)32;1-3-15-25-23(13-1)24-14-2-4-16-26(24)34-29-19-7-11-21-9-5-17-27(31(21)29)33(25,34)28-18-6-10-22-12-8-20-30(34)32(22)28;1-7-19-8-2-14-23-28(19)22(13-1)31-24-15-3-9-20-11-5-17-26(29(20)24)32(23,31)27-18-6-12-21-10-4-16-25(31)30(21)27;;;;;;/h1-12,19-24H;1-12,17-22H;1-12,15-20H;1-18H;;;;;;/q-6;-4;-2;;;;;;;. The Morgan fingerprint density at radius 1 is 0.0959 bits per heavy atom. The maximum Gasteiger partial charge on any atom is 0.0648 e. The third kappa shape index (κ3) is 10.6. The zero-order valence-electron chi connectivity index (χ0n) is 79.0. The summed E-state index contributed by atoms with van der Waals surface area (Å²) in [5, 5.41) is 16.5. The molecule has 6 radical (unpaired) electrons. The van der Waals surface area contributed by atoms with Gasteiger partial charge in [0, 0.05) is 207 Å². The van der Waals surface area contributed by atoms with Crippen LogP contribution in [0.25, 0.3) is 131 Å². The maximum absolute atomic E-state index is 3.65. The molecule has 662 valence electrons. The summed E-state index contributed by atoms with van der Waals surface area (Å²) in [7, 11) is 0. The summed E-state index contributed by atoms with van der Waals surface area (Å²) in [5.41, 5.74) is 42.9. The quantitative estimate of drug-likeness (QED) is 0.133. The van der Waals surface area contributed by atoms with Crippen LogP contribution in [0.15, 0.2) is 437 Å². The normalized spacial score (nSPS) is 21.0. The molecule has 24 aromatic rings. The second-order valence-corrected chi connectivity index (χ2v) is 39.8. The Balaban J connectivity index is 0.0000000953. The predicted octanol–water partition coefficient (Wildman–Crippen LogP) is 30.5. The van der Waals surface area contributed by atoms with Crippen LogP contribution < -0.4 is 0 Å². The van der Waals surface area contributed by atoms with Gasteiger partial charge in [-0.05, 0) is 142 Å². The van der Waals surface area contributed by atoms with E-state index in [1.165, 1.54) is 209 Å². The molecular weight excluding hydrogens is 2210 g/mol. The average Bonchev–Trinajstić information content (AvgIpc) is 1.55. The third-order valence-electron chi connectivity index (χ3n) is 35.1. The van der Waals surface area contributed by atoms with Gasteiger partial charge in [0.2, 0.25) is 0 Å². The van der Waals surface area contributed by atoms with Crippen molar-refractivity contribution in [3.8, 4) is 66.8 Å². The van der Waals surface area contributed by atoms with E-state index in [1.54, 1.807) is 0 Å². The van der Waals surface area contributed by atoms with Crippen LogP contribution in [0.3, 0.4) is 0 Å². The first-order chi connectivity index (χ1) is 69.5. The van der Waals surface area contributed by atoms with E-state index in [9.17, 15) is 0 Å². The largest absolute Gasteiger partial charge is 0.223 e. The molecule has 0 bridgehead atoms. The molecule has 0 heterocycles. The molecule has 0 fully saturated rings. The Morgan fingerprint density at radius 2 is 0.178 bits per heavy atom. The monoisotopic (exact) mass is 2290 g/mol. The molecule has 0 saturated carbocycles. The van der Waals surface area contributed by atoms with Crippen molar-refractivity contribution in [2.75, 3.05) is 0 Å². The first kappa shape index (κ1) is 93.9. The van der Waals surface area contributed by atoms with Crippen molar-refractivity contribution in [3.63, 3.8) is 0 Å². The van der Waals surface area contributed by atoms with Crippen molar-refractivity contribution in [3.05, 3.63) is 643 Å².